The van der Waals surface area contributed by atoms with Crippen molar-refractivity contribution in [3.05, 3.63) is 11.6 Å². The minimum atomic E-state index is -0.536. The molecule has 0 unspecified atom stereocenters. The molecular formula is C20H30O2. The highest BCUT2D eigenvalue weighted by Crippen LogP contribution is 2.71. The summed E-state index contributed by atoms with van der Waals surface area (Å²) in [6, 6.07) is 0. The van der Waals surface area contributed by atoms with E-state index in [-0.39, 0.29) is 11.3 Å². The molecule has 4 aliphatic carbocycles. The maximum absolute atomic E-state index is 11.8. The molecule has 0 radical (unpaired) electrons. The summed E-state index contributed by atoms with van der Waals surface area (Å²) < 4.78 is 0. The van der Waals surface area contributed by atoms with Crippen LogP contribution in [0.2, 0.25) is 0 Å². The van der Waals surface area contributed by atoms with E-state index in [1.165, 1.54) is 32.1 Å². The Balaban J connectivity index is 1.74. The van der Waals surface area contributed by atoms with Crippen LogP contribution in [0.3, 0.4) is 0 Å². The first-order valence-electron chi connectivity index (χ1n) is 9.24. The van der Waals surface area contributed by atoms with E-state index in [0.29, 0.717) is 22.7 Å². The van der Waals surface area contributed by atoms with E-state index < -0.39 is 5.97 Å². The normalized spacial score (nSPS) is 53.4. The van der Waals surface area contributed by atoms with E-state index in [9.17, 15) is 9.90 Å². The molecule has 6 atom stereocenters. The number of fused-ring (bicyclic) bond motifs is 3. The Labute approximate surface area is 134 Å². The summed E-state index contributed by atoms with van der Waals surface area (Å²) in [5.41, 5.74) is 2.69. The van der Waals surface area contributed by atoms with E-state index in [1.54, 1.807) is 5.57 Å². The van der Waals surface area contributed by atoms with Gasteiger partial charge in [0.1, 0.15) is 0 Å². The Bertz CT molecular complexity index is 550. The van der Waals surface area contributed by atoms with Crippen molar-refractivity contribution >= 4 is 5.97 Å². The third kappa shape index (κ3) is 1.70. The molecule has 0 aromatic heterocycles. The minimum absolute atomic E-state index is 0.0871. The average Bonchev–Trinajstić information content (AvgIpc) is 2.62. The Morgan fingerprint density at radius 1 is 1.18 bits per heavy atom. The molecular weight excluding hydrogens is 272 g/mol. The zero-order chi connectivity index (χ0) is 15.8. The Morgan fingerprint density at radius 2 is 1.95 bits per heavy atom. The van der Waals surface area contributed by atoms with Gasteiger partial charge in [0.15, 0.2) is 0 Å². The number of rotatable bonds is 1. The summed E-state index contributed by atoms with van der Waals surface area (Å²) in [5, 5.41) is 9.69. The number of aliphatic carboxylic acids is 1. The van der Waals surface area contributed by atoms with Crippen molar-refractivity contribution in [3.63, 3.8) is 0 Å². The Hall–Kier alpha value is -0.790. The lowest BCUT2D eigenvalue weighted by Gasteiger charge is -2.61. The van der Waals surface area contributed by atoms with E-state index in [1.807, 2.05) is 0 Å². The molecule has 0 heterocycles. The molecule has 2 nitrogen and oxygen atoms in total. The van der Waals surface area contributed by atoms with Gasteiger partial charge in [-0.1, -0.05) is 31.9 Å². The van der Waals surface area contributed by atoms with Crippen LogP contribution in [0.25, 0.3) is 0 Å². The molecule has 2 bridgehead atoms. The van der Waals surface area contributed by atoms with Gasteiger partial charge in [-0.05, 0) is 80.0 Å². The molecule has 0 aromatic rings. The van der Waals surface area contributed by atoms with Gasteiger partial charge in [0.2, 0.25) is 0 Å². The third-order valence-electron chi connectivity index (χ3n) is 8.45. The van der Waals surface area contributed by atoms with Crippen molar-refractivity contribution in [2.45, 2.75) is 72.1 Å². The van der Waals surface area contributed by atoms with Gasteiger partial charge in [-0.2, -0.15) is 0 Å². The Kier molecular flexibility index (Phi) is 2.95. The van der Waals surface area contributed by atoms with Crippen LogP contribution in [0, 0.1) is 34.0 Å². The summed E-state index contributed by atoms with van der Waals surface area (Å²) in [6.45, 7) is 7.24. The second kappa shape index (κ2) is 4.39. The first kappa shape index (κ1) is 14.8. The molecule has 0 aromatic carbocycles. The summed E-state index contributed by atoms with van der Waals surface area (Å²) in [4.78, 5) is 11.8. The fourth-order valence-electron chi connectivity index (χ4n) is 7.34. The molecule has 4 rings (SSSR count). The van der Waals surface area contributed by atoms with E-state index in [4.69, 9.17) is 0 Å². The average molecular weight is 302 g/mol. The number of allylic oxidation sites excluding steroid dienone is 2. The van der Waals surface area contributed by atoms with Crippen LogP contribution in [0.4, 0.5) is 0 Å². The summed E-state index contributed by atoms with van der Waals surface area (Å²) >= 11 is 0. The highest BCUT2D eigenvalue weighted by atomic mass is 16.4. The zero-order valence-corrected chi connectivity index (χ0v) is 14.3. The highest BCUT2D eigenvalue weighted by Gasteiger charge is 2.63. The van der Waals surface area contributed by atoms with Gasteiger partial charge in [0.05, 0.1) is 5.92 Å². The fraction of sp³-hybridized carbons (Fsp3) is 0.850. The lowest BCUT2D eigenvalue weighted by molar-refractivity contribution is -0.161. The summed E-state index contributed by atoms with van der Waals surface area (Å²) in [7, 11) is 0. The van der Waals surface area contributed by atoms with Crippen molar-refractivity contribution < 1.29 is 9.90 Å². The van der Waals surface area contributed by atoms with Gasteiger partial charge in [-0.25, -0.2) is 0 Å². The van der Waals surface area contributed by atoms with Gasteiger partial charge < -0.3 is 5.11 Å². The van der Waals surface area contributed by atoms with Crippen LogP contribution in [0.1, 0.15) is 72.1 Å². The van der Waals surface area contributed by atoms with Crippen molar-refractivity contribution in [2.24, 2.45) is 34.0 Å². The Morgan fingerprint density at radius 3 is 2.68 bits per heavy atom. The van der Waals surface area contributed by atoms with Crippen LogP contribution in [-0.2, 0) is 4.79 Å². The minimum Gasteiger partial charge on any atom is -0.481 e. The zero-order valence-electron chi connectivity index (χ0n) is 14.3. The van der Waals surface area contributed by atoms with Crippen LogP contribution in [0.15, 0.2) is 11.6 Å². The van der Waals surface area contributed by atoms with Crippen LogP contribution >= 0.6 is 0 Å². The summed E-state index contributed by atoms with van der Waals surface area (Å²) in [5.74, 6) is 0.501. The maximum Gasteiger partial charge on any atom is 0.306 e. The topological polar surface area (TPSA) is 37.3 Å². The molecule has 4 aliphatic rings. The van der Waals surface area contributed by atoms with Gasteiger partial charge in [-0.15, -0.1) is 0 Å². The van der Waals surface area contributed by atoms with E-state index in [0.717, 1.165) is 19.3 Å². The third-order valence-corrected chi connectivity index (χ3v) is 8.45. The number of carboxylic acid groups (broad SMARTS) is 1. The lowest BCUT2D eigenvalue weighted by Crippen LogP contribution is -2.55. The molecule has 22 heavy (non-hydrogen) atoms. The molecule has 2 heteroatoms. The maximum atomic E-state index is 11.8. The molecule has 0 aliphatic heterocycles. The monoisotopic (exact) mass is 302 g/mol. The molecule has 3 fully saturated rings. The first-order valence-corrected chi connectivity index (χ1v) is 9.24. The van der Waals surface area contributed by atoms with Crippen molar-refractivity contribution in [2.75, 3.05) is 0 Å². The predicted molar refractivity (Wildman–Crippen MR) is 87.4 cm³/mol. The van der Waals surface area contributed by atoms with Gasteiger partial charge in [0, 0.05) is 0 Å². The lowest BCUT2D eigenvalue weighted by atomic mass is 9.42. The number of carbonyl (C=O) groups is 1. The van der Waals surface area contributed by atoms with Gasteiger partial charge in [0.25, 0.3) is 0 Å². The molecule has 0 saturated heterocycles. The molecule has 1 spiro atoms. The van der Waals surface area contributed by atoms with Crippen molar-refractivity contribution in [1.29, 1.82) is 0 Å². The molecule has 1 N–H and O–H groups in total. The largest absolute Gasteiger partial charge is 0.481 e. The summed E-state index contributed by atoms with van der Waals surface area (Å²) in [6.07, 6.45) is 12.2. The second-order valence-electron chi connectivity index (χ2n) is 9.38. The smallest absolute Gasteiger partial charge is 0.306 e. The molecule has 0 amide bonds. The van der Waals surface area contributed by atoms with E-state index in [2.05, 4.69) is 26.8 Å². The second-order valence-corrected chi connectivity index (χ2v) is 9.38. The number of hydrogen-bond donors (Lipinski definition) is 1. The van der Waals surface area contributed by atoms with Gasteiger partial charge in [-0.3, -0.25) is 4.79 Å². The predicted octanol–water partition coefficient (Wildman–Crippen LogP) is 5.04. The van der Waals surface area contributed by atoms with Crippen molar-refractivity contribution in [3.8, 4) is 0 Å². The quantitative estimate of drug-likeness (QED) is 0.689. The molecule has 122 valence electrons. The highest BCUT2D eigenvalue weighted by molar-refractivity contribution is 5.70. The number of carboxylic acids is 1. The van der Waals surface area contributed by atoms with Crippen molar-refractivity contribution in [1.82, 2.24) is 0 Å². The first-order chi connectivity index (χ1) is 10.3. The SMILES string of the molecule is CC1=C[C@@]23CC[C@@H]4[C@H](C(=O)O)CCC[C@@]4(C)[C@@H]2CC[C@]1(C)C3. The fourth-order valence-corrected chi connectivity index (χ4v) is 7.34. The molecule has 3 saturated carbocycles. The van der Waals surface area contributed by atoms with E-state index >= 15 is 0 Å². The van der Waals surface area contributed by atoms with Crippen LogP contribution in [0.5, 0.6) is 0 Å². The van der Waals surface area contributed by atoms with Crippen LogP contribution < -0.4 is 0 Å². The van der Waals surface area contributed by atoms with Crippen LogP contribution in [-0.4, -0.2) is 11.1 Å². The number of hydrogen-bond acceptors (Lipinski definition) is 1. The van der Waals surface area contributed by atoms with Gasteiger partial charge >= 0.3 is 5.97 Å². The standard InChI is InChI=1S/C20H30O2/c1-13-11-20-10-6-15-14(17(21)22)5-4-8-19(15,3)16(20)7-9-18(13,2)12-20/h11,14-16H,4-10,12H2,1-3H3,(H,21,22)/t14-,15-,16+,18-,19-,20-/m1/s1.